The third-order valence-electron chi connectivity index (χ3n) is 3.34. The van der Waals surface area contributed by atoms with E-state index < -0.39 is 0 Å². The first-order chi connectivity index (χ1) is 9.69. The van der Waals surface area contributed by atoms with Gasteiger partial charge in [0.25, 0.3) is 0 Å². The summed E-state index contributed by atoms with van der Waals surface area (Å²) in [5.41, 5.74) is 3.50. The van der Waals surface area contributed by atoms with Gasteiger partial charge in [-0.3, -0.25) is 4.68 Å². The largest absolute Gasteiger partial charge is 0.391 e. The lowest BCUT2D eigenvalue weighted by molar-refractivity contribution is 0.171. The number of aryl methyl sites for hydroxylation is 2. The Bertz CT molecular complexity index is 522. The maximum atomic E-state index is 10.0. The lowest BCUT2D eigenvalue weighted by Crippen LogP contribution is -2.28. The van der Waals surface area contributed by atoms with E-state index in [4.69, 9.17) is 0 Å². The average molecular weight is 273 g/mol. The van der Waals surface area contributed by atoms with Gasteiger partial charge in [0.1, 0.15) is 0 Å². The molecule has 1 heterocycles. The van der Waals surface area contributed by atoms with Crippen LogP contribution in [-0.2, 0) is 26.4 Å². The number of benzene rings is 1. The van der Waals surface area contributed by atoms with Crippen molar-refractivity contribution in [3.05, 3.63) is 53.3 Å². The van der Waals surface area contributed by atoms with Gasteiger partial charge in [-0.05, 0) is 18.4 Å². The molecule has 1 aromatic carbocycles. The van der Waals surface area contributed by atoms with Crippen LogP contribution in [0.25, 0.3) is 0 Å². The summed E-state index contributed by atoms with van der Waals surface area (Å²) in [5, 5.41) is 17.7. The molecular formula is C16H23N3O. The Morgan fingerprint density at radius 1 is 1.30 bits per heavy atom. The summed E-state index contributed by atoms with van der Waals surface area (Å²) >= 11 is 0. The monoisotopic (exact) mass is 273 g/mol. The standard InChI is InChI=1S/C16H23N3O/c1-3-16-14(12-19(2)18-16)10-17-11-15(20)9-13-7-5-4-6-8-13/h4-8,12,15,17,20H,3,9-11H2,1-2H3. The van der Waals surface area contributed by atoms with Crippen LogP contribution in [0.5, 0.6) is 0 Å². The lowest BCUT2D eigenvalue weighted by Gasteiger charge is -2.11. The molecule has 0 radical (unpaired) electrons. The Kier molecular flexibility index (Phi) is 5.32. The first-order valence-electron chi connectivity index (χ1n) is 7.13. The minimum atomic E-state index is -0.362. The summed E-state index contributed by atoms with van der Waals surface area (Å²) in [7, 11) is 1.94. The van der Waals surface area contributed by atoms with Crippen molar-refractivity contribution in [2.75, 3.05) is 6.54 Å². The zero-order valence-corrected chi connectivity index (χ0v) is 12.2. The fraction of sp³-hybridized carbons (Fsp3) is 0.438. The van der Waals surface area contributed by atoms with Gasteiger partial charge >= 0.3 is 0 Å². The van der Waals surface area contributed by atoms with Gasteiger partial charge in [-0.15, -0.1) is 0 Å². The quantitative estimate of drug-likeness (QED) is 0.807. The van der Waals surface area contributed by atoms with E-state index in [1.165, 1.54) is 5.56 Å². The van der Waals surface area contributed by atoms with Crippen molar-refractivity contribution in [3.63, 3.8) is 0 Å². The predicted molar refractivity (Wildman–Crippen MR) is 80.4 cm³/mol. The Morgan fingerprint density at radius 2 is 2.05 bits per heavy atom. The fourth-order valence-corrected chi connectivity index (χ4v) is 2.36. The number of nitrogens with zero attached hydrogens (tertiary/aromatic N) is 2. The number of aliphatic hydroxyl groups is 1. The second-order valence-electron chi connectivity index (χ2n) is 5.10. The molecule has 0 bridgehead atoms. The molecule has 0 aliphatic rings. The van der Waals surface area contributed by atoms with Crippen molar-refractivity contribution < 1.29 is 5.11 Å². The van der Waals surface area contributed by atoms with E-state index in [9.17, 15) is 5.11 Å². The van der Waals surface area contributed by atoms with Crippen LogP contribution >= 0.6 is 0 Å². The van der Waals surface area contributed by atoms with E-state index in [0.717, 1.165) is 24.2 Å². The molecule has 0 spiro atoms. The van der Waals surface area contributed by atoms with Gasteiger partial charge in [-0.2, -0.15) is 5.10 Å². The van der Waals surface area contributed by atoms with E-state index in [-0.39, 0.29) is 6.10 Å². The third kappa shape index (κ3) is 4.18. The second-order valence-corrected chi connectivity index (χ2v) is 5.10. The maximum Gasteiger partial charge on any atom is 0.0704 e. The second kappa shape index (κ2) is 7.22. The Labute approximate surface area is 120 Å². The number of hydrogen-bond donors (Lipinski definition) is 2. The molecule has 0 amide bonds. The first kappa shape index (κ1) is 14.8. The summed E-state index contributed by atoms with van der Waals surface area (Å²) < 4.78 is 1.84. The molecule has 0 fully saturated rings. The van der Waals surface area contributed by atoms with E-state index in [2.05, 4.69) is 17.3 Å². The van der Waals surface area contributed by atoms with E-state index in [1.54, 1.807) is 0 Å². The molecule has 2 rings (SSSR count). The Hall–Kier alpha value is -1.65. The van der Waals surface area contributed by atoms with Crippen LogP contribution in [0.15, 0.2) is 36.5 Å². The molecule has 1 unspecified atom stereocenters. The number of aromatic nitrogens is 2. The van der Waals surface area contributed by atoms with Crippen LogP contribution in [-0.4, -0.2) is 27.5 Å². The van der Waals surface area contributed by atoms with Crippen LogP contribution < -0.4 is 5.32 Å². The molecule has 2 N–H and O–H groups in total. The zero-order chi connectivity index (χ0) is 14.4. The highest BCUT2D eigenvalue weighted by molar-refractivity contribution is 5.17. The smallest absolute Gasteiger partial charge is 0.0704 e. The van der Waals surface area contributed by atoms with Crippen molar-refractivity contribution >= 4 is 0 Å². The average Bonchev–Trinajstić information content (AvgIpc) is 2.80. The Morgan fingerprint density at radius 3 is 2.75 bits per heavy atom. The van der Waals surface area contributed by atoms with E-state index in [0.29, 0.717) is 13.0 Å². The van der Waals surface area contributed by atoms with Gasteiger partial charge in [0.15, 0.2) is 0 Å². The summed E-state index contributed by atoms with van der Waals surface area (Å²) in [6.07, 6.45) is 3.29. The number of hydrogen-bond acceptors (Lipinski definition) is 3. The van der Waals surface area contributed by atoms with Crippen LogP contribution in [0.3, 0.4) is 0 Å². The molecular weight excluding hydrogens is 250 g/mol. The van der Waals surface area contributed by atoms with Gasteiger partial charge < -0.3 is 10.4 Å². The van der Waals surface area contributed by atoms with Crippen LogP contribution in [0.1, 0.15) is 23.7 Å². The highest BCUT2D eigenvalue weighted by Crippen LogP contribution is 2.07. The van der Waals surface area contributed by atoms with Crippen molar-refractivity contribution in [1.29, 1.82) is 0 Å². The van der Waals surface area contributed by atoms with Crippen LogP contribution in [0, 0.1) is 0 Å². The number of nitrogens with one attached hydrogen (secondary N) is 1. The van der Waals surface area contributed by atoms with Crippen LogP contribution in [0.4, 0.5) is 0 Å². The third-order valence-corrected chi connectivity index (χ3v) is 3.34. The van der Waals surface area contributed by atoms with Gasteiger partial charge in [-0.25, -0.2) is 0 Å². The van der Waals surface area contributed by atoms with Crippen molar-refractivity contribution in [2.24, 2.45) is 7.05 Å². The summed E-state index contributed by atoms with van der Waals surface area (Å²) in [4.78, 5) is 0. The molecule has 0 saturated heterocycles. The molecule has 4 heteroatoms. The van der Waals surface area contributed by atoms with Crippen molar-refractivity contribution in [1.82, 2.24) is 15.1 Å². The van der Waals surface area contributed by atoms with Gasteiger partial charge in [-0.1, -0.05) is 37.3 Å². The molecule has 4 nitrogen and oxygen atoms in total. The number of aliphatic hydroxyl groups excluding tert-OH is 1. The topological polar surface area (TPSA) is 50.1 Å². The minimum absolute atomic E-state index is 0.362. The molecule has 2 aromatic rings. The lowest BCUT2D eigenvalue weighted by atomic mass is 10.1. The van der Waals surface area contributed by atoms with Crippen molar-refractivity contribution in [3.8, 4) is 0 Å². The summed E-state index contributed by atoms with van der Waals surface area (Å²) in [5.74, 6) is 0. The first-order valence-corrected chi connectivity index (χ1v) is 7.13. The zero-order valence-electron chi connectivity index (χ0n) is 12.2. The maximum absolute atomic E-state index is 10.0. The molecule has 108 valence electrons. The summed E-state index contributed by atoms with van der Waals surface area (Å²) in [6.45, 7) is 3.45. The van der Waals surface area contributed by atoms with Crippen molar-refractivity contribution in [2.45, 2.75) is 32.4 Å². The number of rotatable bonds is 7. The van der Waals surface area contributed by atoms with E-state index in [1.807, 2.05) is 48.3 Å². The van der Waals surface area contributed by atoms with Gasteiger partial charge in [0.2, 0.25) is 0 Å². The normalized spacial score (nSPS) is 12.6. The highest BCUT2D eigenvalue weighted by Gasteiger charge is 2.08. The fourth-order valence-electron chi connectivity index (χ4n) is 2.36. The van der Waals surface area contributed by atoms with E-state index >= 15 is 0 Å². The predicted octanol–water partition coefficient (Wildman–Crippen LogP) is 1.68. The van der Waals surface area contributed by atoms with Gasteiger partial charge in [0, 0.05) is 31.9 Å². The SMILES string of the molecule is CCc1nn(C)cc1CNCC(O)Cc1ccccc1. The molecule has 0 aliphatic heterocycles. The minimum Gasteiger partial charge on any atom is -0.391 e. The molecule has 1 atom stereocenters. The molecule has 0 aliphatic carbocycles. The van der Waals surface area contributed by atoms with Gasteiger partial charge in [0.05, 0.1) is 11.8 Å². The molecule has 20 heavy (non-hydrogen) atoms. The Balaban J connectivity index is 1.77. The summed E-state index contributed by atoms with van der Waals surface area (Å²) in [6, 6.07) is 10.1. The molecule has 1 aromatic heterocycles. The molecule has 0 saturated carbocycles. The highest BCUT2D eigenvalue weighted by atomic mass is 16.3. The van der Waals surface area contributed by atoms with Crippen LogP contribution in [0.2, 0.25) is 0 Å².